The number of rotatable bonds is 1. The minimum Gasteiger partial charge on any atom is -0.332 e. The summed E-state index contributed by atoms with van der Waals surface area (Å²) in [6.07, 6.45) is 1.05. The number of hydrogen-bond donors (Lipinski definition) is 1. The van der Waals surface area contributed by atoms with Crippen molar-refractivity contribution in [1.82, 2.24) is 0 Å². The van der Waals surface area contributed by atoms with Crippen LogP contribution in [0, 0.1) is 6.92 Å². The molecule has 20 heavy (non-hydrogen) atoms. The lowest BCUT2D eigenvalue weighted by atomic mass is 10.1. The summed E-state index contributed by atoms with van der Waals surface area (Å²) < 4.78 is 0. The molecule has 0 amide bonds. The summed E-state index contributed by atoms with van der Waals surface area (Å²) in [6.45, 7) is 4.30. The maximum absolute atomic E-state index is 5.61. The van der Waals surface area contributed by atoms with Gasteiger partial charge in [0.25, 0.3) is 0 Å². The van der Waals surface area contributed by atoms with Gasteiger partial charge in [-0.3, -0.25) is 0 Å². The summed E-state index contributed by atoms with van der Waals surface area (Å²) in [7, 11) is 0. The van der Waals surface area contributed by atoms with Crippen LogP contribution in [-0.2, 0) is 6.42 Å². The maximum atomic E-state index is 5.61. The summed E-state index contributed by atoms with van der Waals surface area (Å²) >= 11 is 5.61. The van der Waals surface area contributed by atoms with Gasteiger partial charge in [0.1, 0.15) is 0 Å². The number of para-hydroxylation sites is 1. The topological polar surface area (TPSA) is 15.3 Å². The Labute approximate surface area is 125 Å². The average molecular weight is 282 g/mol. The molecule has 1 aliphatic rings. The zero-order valence-corrected chi connectivity index (χ0v) is 12.6. The van der Waals surface area contributed by atoms with Gasteiger partial charge in [-0.1, -0.05) is 30.3 Å². The van der Waals surface area contributed by atoms with Crippen molar-refractivity contribution in [2.75, 3.05) is 10.2 Å². The molecule has 1 heterocycles. The fraction of sp³-hybridized carbons (Fsp3) is 0.235. The van der Waals surface area contributed by atoms with Gasteiger partial charge in [0.15, 0.2) is 5.11 Å². The summed E-state index contributed by atoms with van der Waals surface area (Å²) in [5.74, 6) is 0. The van der Waals surface area contributed by atoms with Crippen LogP contribution in [-0.4, -0.2) is 11.2 Å². The van der Waals surface area contributed by atoms with Gasteiger partial charge in [-0.25, -0.2) is 0 Å². The van der Waals surface area contributed by atoms with Gasteiger partial charge in [0.2, 0.25) is 0 Å². The number of hydrogen-bond acceptors (Lipinski definition) is 1. The summed E-state index contributed by atoms with van der Waals surface area (Å²) in [5, 5.41) is 4.12. The molecule has 0 saturated heterocycles. The largest absolute Gasteiger partial charge is 0.332 e. The number of aryl methyl sites for hydroxylation is 1. The molecule has 3 rings (SSSR count). The molecule has 1 N–H and O–H groups in total. The second-order valence-electron chi connectivity index (χ2n) is 5.35. The first-order valence-corrected chi connectivity index (χ1v) is 7.31. The standard InChI is InChI=1S/C17H18N2S/c1-12-6-5-8-15(10-12)18-17(20)19-13(2)11-14-7-3-4-9-16(14)19/h3-10,13H,11H2,1-2H3,(H,18,20). The van der Waals surface area contributed by atoms with Crippen LogP contribution in [0.25, 0.3) is 0 Å². The fourth-order valence-electron chi connectivity index (χ4n) is 2.78. The molecule has 2 aromatic carbocycles. The molecule has 2 nitrogen and oxygen atoms in total. The number of thiocarbonyl (C=S) groups is 1. The van der Waals surface area contributed by atoms with E-state index >= 15 is 0 Å². The van der Waals surface area contributed by atoms with Gasteiger partial charge < -0.3 is 10.2 Å². The lowest BCUT2D eigenvalue weighted by Gasteiger charge is -2.26. The lowest BCUT2D eigenvalue weighted by molar-refractivity contribution is 0.776. The highest BCUT2D eigenvalue weighted by Gasteiger charge is 2.28. The summed E-state index contributed by atoms with van der Waals surface area (Å²) in [6, 6.07) is 17.2. The normalized spacial score (nSPS) is 16.9. The second kappa shape index (κ2) is 5.25. The predicted octanol–water partition coefficient (Wildman–Crippen LogP) is 4.14. The van der Waals surface area contributed by atoms with Crippen LogP contribution in [0.15, 0.2) is 48.5 Å². The monoisotopic (exact) mass is 282 g/mol. The zero-order chi connectivity index (χ0) is 14.1. The van der Waals surface area contributed by atoms with E-state index in [1.807, 2.05) is 12.1 Å². The zero-order valence-electron chi connectivity index (χ0n) is 11.8. The molecular formula is C17H18N2S. The molecule has 1 atom stereocenters. The quantitative estimate of drug-likeness (QED) is 0.791. The Hall–Kier alpha value is -1.87. The Bertz CT molecular complexity index is 651. The van der Waals surface area contributed by atoms with Crippen molar-refractivity contribution in [2.45, 2.75) is 26.3 Å². The fourth-order valence-corrected chi connectivity index (χ4v) is 3.18. The molecule has 102 valence electrons. The van der Waals surface area contributed by atoms with Crippen LogP contribution >= 0.6 is 12.2 Å². The van der Waals surface area contributed by atoms with Crippen molar-refractivity contribution in [3.8, 4) is 0 Å². The smallest absolute Gasteiger partial charge is 0.178 e. The van der Waals surface area contributed by atoms with Crippen molar-refractivity contribution in [2.24, 2.45) is 0 Å². The number of fused-ring (bicyclic) bond motifs is 1. The van der Waals surface area contributed by atoms with Crippen molar-refractivity contribution < 1.29 is 0 Å². The summed E-state index contributed by atoms with van der Waals surface area (Å²) in [4.78, 5) is 2.22. The molecule has 0 radical (unpaired) electrons. The third kappa shape index (κ3) is 2.41. The van der Waals surface area contributed by atoms with Crippen molar-refractivity contribution in [3.63, 3.8) is 0 Å². The highest BCUT2D eigenvalue weighted by molar-refractivity contribution is 7.80. The van der Waals surface area contributed by atoms with Gasteiger partial charge in [0.05, 0.1) is 0 Å². The molecule has 0 aromatic heterocycles. The molecular weight excluding hydrogens is 264 g/mol. The van der Waals surface area contributed by atoms with E-state index in [0.29, 0.717) is 6.04 Å². The van der Waals surface area contributed by atoms with Gasteiger partial charge in [0, 0.05) is 17.4 Å². The van der Waals surface area contributed by atoms with E-state index in [2.05, 4.69) is 60.5 Å². The van der Waals surface area contributed by atoms with Crippen LogP contribution < -0.4 is 10.2 Å². The van der Waals surface area contributed by atoms with Crippen LogP contribution in [0.3, 0.4) is 0 Å². The van der Waals surface area contributed by atoms with E-state index < -0.39 is 0 Å². The molecule has 1 aliphatic heterocycles. The SMILES string of the molecule is Cc1cccc(NC(=S)N2c3ccccc3CC2C)c1. The molecule has 2 aromatic rings. The maximum Gasteiger partial charge on any atom is 0.178 e. The van der Waals surface area contributed by atoms with Gasteiger partial charge in [-0.2, -0.15) is 0 Å². The molecule has 0 fully saturated rings. The van der Waals surface area contributed by atoms with Crippen LogP contribution in [0.2, 0.25) is 0 Å². The second-order valence-corrected chi connectivity index (χ2v) is 5.74. The lowest BCUT2D eigenvalue weighted by Crippen LogP contribution is -2.38. The Balaban J connectivity index is 1.84. The first-order chi connectivity index (χ1) is 9.65. The van der Waals surface area contributed by atoms with E-state index in [1.54, 1.807) is 0 Å². The molecule has 3 heteroatoms. The molecule has 0 bridgehead atoms. The number of benzene rings is 2. The van der Waals surface area contributed by atoms with E-state index in [4.69, 9.17) is 12.2 Å². The van der Waals surface area contributed by atoms with E-state index in [1.165, 1.54) is 16.8 Å². The van der Waals surface area contributed by atoms with Crippen LogP contribution in [0.1, 0.15) is 18.1 Å². The van der Waals surface area contributed by atoms with Crippen LogP contribution in [0.4, 0.5) is 11.4 Å². The van der Waals surface area contributed by atoms with Gasteiger partial charge in [-0.15, -0.1) is 0 Å². The van der Waals surface area contributed by atoms with Crippen molar-refractivity contribution in [1.29, 1.82) is 0 Å². The first kappa shape index (κ1) is 13.1. The highest BCUT2D eigenvalue weighted by atomic mass is 32.1. The van der Waals surface area contributed by atoms with Crippen molar-refractivity contribution in [3.05, 3.63) is 59.7 Å². The average Bonchev–Trinajstić information content (AvgIpc) is 2.74. The molecule has 1 unspecified atom stereocenters. The minimum atomic E-state index is 0.400. The van der Waals surface area contributed by atoms with Gasteiger partial charge >= 0.3 is 0 Å². The Kier molecular flexibility index (Phi) is 3.45. The third-order valence-corrected chi connectivity index (χ3v) is 3.99. The van der Waals surface area contributed by atoms with Crippen molar-refractivity contribution >= 4 is 28.7 Å². The Morgan fingerprint density at radius 1 is 1.20 bits per heavy atom. The first-order valence-electron chi connectivity index (χ1n) is 6.90. The Morgan fingerprint density at radius 3 is 2.80 bits per heavy atom. The predicted molar refractivity (Wildman–Crippen MR) is 89.5 cm³/mol. The minimum absolute atomic E-state index is 0.400. The number of nitrogens with one attached hydrogen (secondary N) is 1. The van der Waals surface area contributed by atoms with Crippen LogP contribution in [0.5, 0.6) is 0 Å². The number of anilines is 2. The molecule has 0 aliphatic carbocycles. The van der Waals surface area contributed by atoms with E-state index in [9.17, 15) is 0 Å². The third-order valence-electron chi connectivity index (χ3n) is 3.70. The number of nitrogens with zero attached hydrogens (tertiary/aromatic N) is 1. The van der Waals surface area contributed by atoms with Gasteiger partial charge in [-0.05, 0) is 61.8 Å². The van der Waals surface area contributed by atoms with E-state index in [-0.39, 0.29) is 0 Å². The molecule has 0 saturated carbocycles. The Morgan fingerprint density at radius 2 is 2.00 bits per heavy atom. The summed E-state index contributed by atoms with van der Waals surface area (Å²) in [5.41, 5.74) is 4.87. The molecule has 0 spiro atoms. The van der Waals surface area contributed by atoms with E-state index in [0.717, 1.165) is 17.2 Å². The highest BCUT2D eigenvalue weighted by Crippen LogP contribution is 2.32.